The third-order valence-corrected chi connectivity index (χ3v) is 4.93. The number of aryl methyl sites for hydroxylation is 1. The number of imidazole rings is 1. The number of rotatable bonds is 7. The second kappa shape index (κ2) is 8.22. The van der Waals surface area contributed by atoms with Crippen molar-refractivity contribution in [2.75, 3.05) is 11.6 Å². The molecule has 2 N–H and O–H groups in total. The number of unbranched alkanes of at least 4 members (excludes halogenated alkanes) is 1. The first-order chi connectivity index (χ1) is 13.0. The normalized spacial score (nSPS) is 10.9. The zero-order valence-corrected chi connectivity index (χ0v) is 15.9. The SMILES string of the molecule is CCCCc1nc2ccc(NC(=O)c3cc(SC)ccc3[N+](=O)[O-])cc2[nH]1. The average Bonchev–Trinajstić information content (AvgIpc) is 3.07. The molecular formula is C19H20N4O3S. The lowest BCUT2D eigenvalue weighted by Gasteiger charge is -2.07. The summed E-state index contributed by atoms with van der Waals surface area (Å²) in [4.78, 5) is 31.9. The van der Waals surface area contributed by atoms with E-state index in [9.17, 15) is 14.9 Å². The molecule has 1 amide bonds. The Morgan fingerprint density at radius 1 is 1.30 bits per heavy atom. The molecule has 0 saturated carbocycles. The number of fused-ring (bicyclic) bond motifs is 1. The Bertz CT molecular complexity index is 1000. The van der Waals surface area contributed by atoms with Gasteiger partial charge in [-0.15, -0.1) is 11.8 Å². The summed E-state index contributed by atoms with van der Waals surface area (Å²) in [5.41, 5.74) is 2.04. The molecule has 1 aromatic heterocycles. The number of carbonyl (C=O) groups excluding carboxylic acids is 1. The Morgan fingerprint density at radius 3 is 2.81 bits per heavy atom. The Kier molecular flexibility index (Phi) is 5.75. The van der Waals surface area contributed by atoms with E-state index >= 15 is 0 Å². The van der Waals surface area contributed by atoms with Gasteiger partial charge < -0.3 is 10.3 Å². The summed E-state index contributed by atoms with van der Waals surface area (Å²) in [5.74, 6) is 0.404. The van der Waals surface area contributed by atoms with Crippen molar-refractivity contribution < 1.29 is 9.72 Å². The third kappa shape index (κ3) is 4.28. The van der Waals surface area contributed by atoms with Crippen LogP contribution in [0.2, 0.25) is 0 Å². The van der Waals surface area contributed by atoms with Gasteiger partial charge in [0.2, 0.25) is 0 Å². The van der Waals surface area contributed by atoms with Gasteiger partial charge in [-0.3, -0.25) is 14.9 Å². The highest BCUT2D eigenvalue weighted by molar-refractivity contribution is 7.98. The summed E-state index contributed by atoms with van der Waals surface area (Å²) in [7, 11) is 0. The number of amides is 1. The highest BCUT2D eigenvalue weighted by Crippen LogP contribution is 2.26. The minimum atomic E-state index is -0.545. The number of benzene rings is 2. The van der Waals surface area contributed by atoms with E-state index in [1.807, 2.05) is 12.3 Å². The number of aromatic amines is 1. The summed E-state index contributed by atoms with van der Waals surface area (Å²) in [5, 5.41) is 14.0. The molecule has 2 aromatic carbocycles. The molecule has 140 valence electrons. The van der Waals surface area contributed by atoms with Crippen LogP contribution in [-0.2, 0) is 6.42 Å². The number of hydrogen-bond acceptors (Lipinski definition) is 5. The topological polar surface area (TPSA) is 101 Å². The summed E-state index contributed by atoms with van der Waals surface area (Å²) in [6.45, 7) is 2.13. The molecule has 0 bridgehead atoms. The lowest BCUT2D eigenvalue weighted by atomic mass is 10.1. The molecule has 0 radical (unpaired) electrons. The minimum absolute atomic E-state index is 0.0418. The monoisotopic (exact) mass is 384 g/mol. The van der Waals surface area contributed by atoms with Crippen LogP contribution in [0.5, 0.6) is 0 Å². The zero-order valence-electron chi connectivity index (χ0n) is 15.1. The number of nitro benzene ring substituents is 1. The van der Waals surface area contributed by atoms with Crippen molar-refractivity contribution in [3.8, 4) is 0 Å². The number of anilines is 1. The van der Waals surface area contributed by atoms with E-state index in [0.29, 0.717) is 5.69 Å². The molecule has 3 rings (SSSR count). The van der Waals surface area contributed by atoms with Gasteiger partial charge in [-0.1, -0.05) is 13.3 Å². The number of hydrogen-bond donors (Lipinski definition) is 2. The maximum absolute atomic E-state index is 12.6. The highest BCUT2D eigenvalue weighted by atomic mass is 32.2. The number of carbonyl (C=O) groups is 1. The Labute approximate surface area is 160 Å². The van der Waals surface area contributed by atoms with E-state index in [-0.39, 0.29) is 11.3 Å². The quantitative estimate of drug-likeness (QED) is 0.346. The number of H-pyrrole nitrogens is 1. The second-order valence-electron chi connectivity index (χ2n) is 6.11. The summed E-state index contributed by atoms with van der Waals surface area (Å²) in [6.07, 6.45) is 4.87. The van der Waals surface area contributed by atoms with Crippen molar-refractivity contribution >= 4 is 40.1 Å². The number of nitrogens with one attached hydrogen (secondary N) is 2. The van der Waals surface area contributed by atoms with Gasteiger partial charge in [0.25, 0.3) is 11.6 Å². The lowest BCUT2D eigenvalue weighted by Crippen LogP contribution is -2.14. The second-order valence-corrected chi connectivity index (χ2v) is 6.99. The number of nitro groups is 1. The maximum atomic E-state index is 12.6. The summed E-state index contributed by atoms with van der Waals surface area (Å²) < 4.78 is 0. The number of aromatic nitrogens is 2. The number of nitrogens with zero attached hydrogens (tertiary/aromatic N) is 2. The van der Waals surface area contributed by atoms with Crippen LogP contribution >= 0.6 is 11.8 Å². The van der Waals surface area contributed by atoms with E-state index in [1.54, 1.807) is 18.2 Å². The van der Waals surface area contributed by atoms with Gasteiger partial charge in [0.05, 0.1) is 16.0 Å². The van der Waals surface area contributed by atoms with E-state index in [1.165, 1.54) is 23.9 Å². The standard InChI is InChI=1S/C19H20N4O3S/c1-3-4-5-18-21-15-8-6-12(10-16(15)22-18)20-19(24)14-11-13(27-2)7-9-17(14)23(25)26/h6-11H,3-5H2,1-2H3,(H,20,24)(H,21,22). The predicted octanol–water partition coefficient (Wildman–Crippen LogP) is 4.79. The van der Waals surface area contributed by atoms with E-state index in [0.717, 1.165) is 41.0 Å². The first kappa shape index (κ1) is 18.9. The Balaban J connectivity index is 1.86. The van der Waals surface area contributed by atoms with Gasteiger partial charge in [0, 0.05) is 23.1 Å². The molecule has 1 heterocycles. The van der Waals surface area contributed by atoms with Gasteiger partial charge >= 0.3 is 0 Å². The molecule has 0 aliphatic rings. The molecule has 0 spiro atoms. The largest absolute Gasteiger partial charge is 0.342 e. The van der Waals surface area contributed by atoms with Crippen LogP contribution in [-0.4, -0.2) is 27.1 Å². The van der Waals surface area contributed by atoms with Crippen molar-refractivity contribution in [2.45, 2.75) is 31.1 Å². The fraction of sp³-hybridized carbons (Fsp3) is 0.263. The van der Waals surface area contributed by atoms with Gasteiger partial charge in [-0.25, -0.2) is 4.98 Å². The van der Waals surface area contributed by atoms with Crippen LogP contribution in [0.25, 0.3) is 11.0 Å². The summed E-state index contributed by atoms with van der Waals surface area (Å²) >= 11 is 1.42. The van der Waals surface area contributed by atoms with E-state index < -0.39 is 10.8 Å². The van der Waals surface area contributed by atoms with Crippen molar-refractivity contribution in [3.05, 3.63) is 57.9 Å². The zero-order chi connectivity index (χ0) is 19.4. The molecule has 0 fully saturated rings. The van der Waals surface area contributed by atoms with Gasteiger partial charge in [0.15, 0.2) is 0 Å². The molecular weight excluding hydrogens is 364 g/mol. The molecule has 0 atom stereocenters. The van der Waals surface area contributed by atoms with Crippen molar-refractivity contribution in [3.63, 3.8) is 0 Å². The van der Waals surface area contributed by atoms with Gasteiger partial charge in [-0.2, -0.15) is 0 Å². The third-order valence-electron chi connectivity index (χ3n) is 4.20. The molecule has 7 nitrogen and oxygen atoms in total. The molecule has 8 heteroatoms. The first-order valence-corrected chi connectivity index (χ1v) is 9.86. The number of thioether (sulfide) groups is 1. The van der Waals surface area contributed by atoms with Crippen LogP contribution in [0.3, 0.4) is 0 Å². The van der Waals surface area contributed by atoms with Crippen LogP contribution in [0, 0.1) is 10.1 Å². The lowest BCUT2D eigenvalue weighted by molar-refractivity contribution is -0.385. The predicted molar refractivity (Wildman–Crippen MR) is 108 cm³/mol. The molecule has 3 aromatic rings. The first-order valence-electron chi connectivity index (χ1n) is 8.64. The smallest absolute Gasteiger partial charge is 0.282 e. The Hall–Kier alpha value is -2.87. The highest BCUT2D eigenvalue weighted by Gasteiger charge is 2.21. The summed E-state index contributed by atoms with van der Waals surface area (Å²) in [6, 6.07) is 9.89. The van der Waals surface area contributed by atoms with Crippen molar-refractivity contribution in [1.82, 2.24) is 9.97 Å². The Morgan fingerprint density at radius 2 is 2.11 bits per heavy atom. The fourth-order valence-electron chi connectivity index (χ4n) is 2.78. The average molecular weight is 384 g/mol. The van der Waals surface area contributed by atoms with Gasteiger partial charge in [0.1, 0.15) is 11.4 Å². The van der Waals surface area contributed by atoms with Crippen LogP contribution in [0.4, 0.5) is 11.4 Å². The molecule has 0 aliphatic heterocycles. The molecule has 0 saturated heterocycles. The fourth-order valence-corrected chi connectivity index (χ4v) is 3.22. The van der Waals surface area contributed by atoms with E-state index in [2.05, 4.69) is 22.2 Å². The molecule has 0 aliphatic carbocycles. The van der Waals surface area contributed by atoms with Crippen LogP contribution in [0.15, 0.2) is 41.3 Å². The molecule has 0 unspecified atom stereocenters. The van der Waals surface area contributed by atoms with Crippen molar-refractivity contribution in [2.24, 2.45) is 0 Å². The van der Waals surface area contributed by atoms with E-state index in [4.69, 9.17) is 0 Å². The van der Waals surface area contributed by atoms with Crippen LogP contribution in [0.1, 0.15) is 35.9 Å². The maximum Gasteiger partial charge on any atom is 0.282 e. The van der Waals surface area contributed by atoms with Crippen molar-refractivity contribution in [1.29, 1.82) is 0 Å². The minimum Gasteiger partial charge on any atom is -0.342 e. The molecule has 27 heavy (non-hydrogen) atoms. The van der Waals surface area contributed by atoms with Gasteiger partial charge in [-0.05, 0) is 43.0 Å². The van der Waals surface area contributed by atoms with Crippen LogP contribution < -0.4 is 5.32 Å².